The maximum absolute atomic E-state index is 12.7. The third kappa shape index (κ3) is 3.72. The van der Waals surface area contributed by atoms with Gasteiger partial charge in [-0.15, -0.1) is 0 Å². The summed E-state index contributed by atoms with van der Waals surface area (Å²) < 4.78 is 4.68. The molecule has 1 saturated heterocycles. The predicted octanol–water partition coefficient (Wildman–Crippen LogP) is 2.42. The van der Waals surface area contributed by atoms with Gasteiger partial charge >= 0.3 is 5.97 Å². The molecule has 1 unspecified atom stereocenters. The summed E-state index contributed by atoms with van der Waals surface area (Å²) in [7, 11) is 1.29. The topological polar surface area (TPSA) is 92.8 Å². The lowest BCUT2D eigenvalue weighted by Crippen LogP contribution is -2.34. The van der Waals surface area contributed by atoms with E-state index in [1.807, 2.05) is 0 Å². The number of Topliss-reactive ketones (excluding diaryl/α,β-unsaturated/α-hetero) is 1. The van der Waals surface area contributed by atoms with Crippen LogP contribution in [0.1, 0.15) is 34.1 Å². The van der Waals surface area contributed by atoms with Crippen molar-refractivity contribution < 1.29 is 23.9 Å². The molecule has 7 nitrogen and oxygen atoms in total. The lowest BCUT2D eigenvalue weighted by atomic mass is 10.1. The van der Waals surface area contributed by atoms with Crippen molar-refractivity contribution in [3.63, 3.8) is 0 Å². The van der Waals surface area contributed by atoms with Crippen LogP contribution in [0.25, 0.3) is 0 Å². The SMILES string of the molecule is COC(=O)c1cccc(NC2CC(=O)N(c3cccc(C(C)=O)c3)C2=O)c1. The molecule has 0 radical (unpaired) electrons. The fraction of sp³-hybridized carbons (Fsp3) is 0.200. The second-order valence-electron chi connectivity index (χ2n) is 6.15. The second-order valence-corrected chi connectivity index (χ2v) is 6.15. The fourth-order valence-electron chi connectivity index (χ4n) is 2.93. The Labute approximate surface area is 155 Å². The monoisotopic (exact) mass is 366 g/mol. The molecule has 0 saturated carbocycles. The first kappa shape index (κ1) is 18.3. The van der Waals surface area contributed by atoms with Crippen LogP contribution in [0.5, 0.6) is 0 Å². The number of carbonyl (C=O) groups is 4. The molecule has 1 fully saturated rings. The summed E-state index contributed by atoms with van der Waals surface area (Å²) in [4.78, 5) is 49.4. The van der Waals surface area contributed by atoms with Crippen molar-refractivity contribution in [3.05, 3.63) is 59.7 Å². The first-order valence-electron chi connectivity index (χ1n) is 8.33. The number of anilines is 2. The Kier molecular flexibility index (Phi) is 5.03. The number of benzene rings is 2. The summed E-state index contributed by atoms with van der Waals surface area (Å²) in [5.74, 6) is -1.41. The number of esters is 1. The van der Waals surface area contributed by atoms with Gasteiger partial charge in [0.05, 0.1) is 24.8 Å². The lowest BCUT2D eigenvalue weighted by Gasteiger charge is -2.17. The largest absolute Gasteiger partial charge is 0.465 e. The minimum Gasteiger partial charge on any atom is -0.465 e. The van der Waals surface area contributed by atoms with Crippen LogP contribution in [0.2, 0.25) is 0 Å². The van der Waals surface area contributed by atoms with Gasteiger partial charge in [-0.3, -0.25) is 14.4 Å². The lowest BCUT2D eigenvalue weighted by molar-refractivity contribution is -0.121. The maximum Gasteiger partial charge on any atom is 0.337 e. The van der Waals surface area contributed by atoms with Crippen LogP contribution < -0.4 is 10.2 Å². The van der Waals surface area contributed by atoms with Gasteiger partial charge in [-0.1, -0.05) is 18.2 Å². The third-order valence-electron chi connectivity index (χ3n) is 4.28. The van der Waals surface area contributed by atoms with Crippen LogP contribution in [0.4, 0.5) is 11.4 Å². The smallest absolute Gasteiger partial charge is 0.337 e. The molecular weight excluding hydrogens is 348 g/mol. The van der Waals surface area contributed by atoms with E-state index < -0.39 is 17.9 Å². The highest BCUT2D eigenvalue weighted by Gasteiger charge is 2.39. The van der Waals surface area contributed by atoms with Gasteiger partial charge in [-0.05, 0) is 37.3 Å². The summed E-state index contributed by atoms with van der Waals surface area (Å²) in [5, 5.41) is 2.99. The van der Waals surface area contributed by atoms with E-state index in [0.717, 1.165) is 4.90 Å². The highest BCUT2D eigenvalue weighted by atomic mass is 16.5. The first-order chi connectivity index (χ1) is 12.9. The number of rotatable bonds is 5. The molecule has 3 rings (SSSR count). The van der Waals surface area contributed by atoms with Crippen LogP contribution >= 0.6 is 0 Å². The zero-order chi connectivity index (χ0) is 19.6. The molecule has 2 aromatic rings. The molecule has 27 heavy (non-hydrogen) atoms. The first-order valence-corrected chi connectivity index (χ1v) is 8.33. The minimum absolute atomic E-state index is 0.0222. The fourth-order valence-corrected chi connectivity index (χ4v) is 2.93. The van der Waals surface area contributed by atoms with E-state index >= 15 is 0 Å². The van der Waals surface area contributed by atoms with Crippen molar-refractivity contribution in [2.24, 2.45) is 0 Å². The van der Waals surface area contributed by atoms with E-state index in [1.165, 1.54) is 20.1 Å². The highest BCUT2D eigenvalue weighted by molar-refractivity contribution is 6.23. The molecule has 1 heterocycles. The number of hydrogen-bond acceptors (Lipinski definition) is 6. The number of methoxy groups -OCH3 is 1. The Morgan fingerprint density at radius 3 is 2.48 bits per heavy atom. The molecule has 0 aromatic heterocycles. The zero-order valence-corrected chi connectivity index (χ0v) is 14.9. The third-order valence-corrected chi connectivity index (χ3v) is 4.28. The Bertz CT molecular complexity index is 937. The quantitative estimate of drug-likeness (QED) is 0.496. The number of hydrogen-bond donors (Lipinski definition) is 1. The molecule has 0 aliphatic carbocycles. The number of carbonyl (C=O) groups excluding carboxylic acids is 4. The van der Waals surface area contributed by atoms with Crippen molar-refractivity contribution in [1.29, 1.82) is 0 Å². The molecule has 1 N–H and O–H groups in total. The number of nitrogens with one attached hydrogen (secondary N) is 1. The molecule has 138 valence electrons. The summed E-state index contributed by atoms with van der Waals surface area (Å²) in [5.41, 5.74) is 1.66. The van der Waals surface area contributed by atoms with Gasteiger partial charge in [-0.2, -0.15) is 0 Å². The van der Waals surface area contributed by atoms with Crippen LogP contribution in [0.3, 0.4) is 0 Å². The van der Waals surface area contributed by atoms with Crippen molar-refractivity contribution >= 4 is 34.9 Å². The Morgan fingerprint density at radius 1 is 1.07 bits per heavy atom. The molecule has 2 aromatic carbocycles. The number of nitrogens with zero attached hydrogens (tertiary/aromatic N) is 1. The van der Waals surface area contributed by atoms with E-state index in [-0.39, 0.29) is 18.1 Å². The molecule has 1 aliphatic rings. The van der Waals surface area contributed by atoms with E-state index in [9.17, 15) is 19.2 Å². The Balaban J connectivity index is 1.81. The molecule has 7 heteroatoms. The van der Waals surface area contributed by atoms with Crippen molar-refractivity contribution in [2.45, 2.75) is 19.4 Å². The summed E-state index contributed by atoms with van der Waals surface area (Å²) in [6, 6.07) is 12.2. The molecule has 2 amide bonds. The van der Waals surface area contributed by atoms with Crippen LogP contribution in [0, 0.1) is 0 Å². The van der Waals surface area contributed by atoms with Gasteiger partial charge in [0.25, 0.3) is 5.91 Å². The van der Waals surface area contributed by atoms with Gasteiger partial charge in [0, 0.05) is 11.3 Å². The second kappa shape index (κ2) is 7.41. The summed E-state index contributed by atoms with van der Waals surface area (Å²) in [6.45, 7) is 1.42. The number of imide groups is 1. The number of ether oxygens (including phenoxy) is 1. The van der Waals surface area contributed by atoms with Crippen molar-refractivity contribution in [3.8, 4) is 0 Å². The molecule has 1 atom stereocenters. The molecule has 0 bridgehead atoms. The average molecular weight is 366 g/mol. The molecular formula is C20H18N2O5. The number of amides is 2. The van der Waals surface area contributed by atoms with Crippen LogP contribution in [-0.2, 0) is 14.3 Å². The van der Waals surface area contributed by atoms with Gasteiger partial charge in [-0.25, -0.2) is 9.69 Å². The molecule has 0 spiro atoms. The van der Waals surface area contributed by atoms with E-state index in [2.05, 4.69) is 10.1 Å². The van der Waals surface area contributed by atoms with Crippen LogP contribution in [-0.4, -0.2) is 36.7 Å². The van der Waals surface area contributed by atoms with Gasteiger partial charge in [0.15, 0.2) is 5.78 Å². The Morgan fingerprint density at radius 2 is 1.78 bits per heavy atom. The summed E-state index contributed by atoms with van der Waals surface area (Å²) >= 11 is 0. The van der Waals surface area contributed by atoms with E-state index in [4.69, 9.17) is 0 Å². The standard InChI is InChI=1S/C20H18N2O5/c1-12(23)13-5-4-8-16(10-13)22-18(24)11-17(19(22)25)21-15-7-3-6-14(9-15)20(26)27-2/h3-10,17,21H,11H2,1-2H3. The number of ketones is 1. The minimum atomic E-state index is -0.758. The average Bonchev–Trinajstić information content (AvgIpc) is 2.94. The van der Waals surface area contributed by atoms with Gasteiger partial charge in [0.2, 0.25) is 5.91 Å². The maximum atomic E-state index is 12.7. The molecule has 1 aliphatic heterocycles. The zero-order valence-electron chi connectivity index (χ0n) is 14.9. The van der Waals surface area contributed by atoms with Crippen molar-refractivity contribution in [2.75, 3.05) is 17.3 Å². The van der Waals surface area contributed by atoms with Gasteiger partial charge in [0.1, 0.15) is 6.04 Å². The van der Waals surface area contributed by atoms with Crippen molar-refractivity contribution in [1.82, 2.24) is 0 Å². The Hall–Kier alpha value is -3.48. The van der Waals surface area contributed by atoms with Crippen LogP contribution in [0.15, 0.2) is 48.5 Å². The van der Waals surface area contributed by atoms with Gasteiger partial charge < -0.3 is 10.1 Å². The van der Waals surface area contributed by atoms with E-state index in [0.29, 0.717) is 22.5 Å². The summed E-state index contributed by atoms with van der Waals surface area (Å²) in [6.07, 6.45) is -0.0222. The van der Waals surface area contributed by atoms with E-state index in [1.54, 1.807) is 42.5 Å². The normalized spacial score (nSPS) is 16.4. The highest BCUT2D eigenvalue weighted by Crippen LogP contribution is 2.26. The predicted molar refractivity (Wildman–Crippen MR) is 98.7 cm³/mol.